The zero-order chi connectivity index (χ0) is 27.2. The van der Waals surface area contributed by atoms with Crippen LogP contribution in [0.2, 0.25) is 0 Å². The highest BCUT2D eigenvalue weighted by Gasteiger charge is 2.59. The predicted octanol–water partition coefficient (Wildman–Crippen LogP) is 7.61. The number of ether oxygens (including phenoxy) is 1. The van der Waals surface area contributed by atoms with Crippen LogP contribution >= 0.6 is 0 Å². The van der Waals surface area contributed by atoms with Crippen molar-refractivity contribution in [2.24, 2.45) is 46.3 Å². The number of imide groups is 1. The van der Waals surface area contributed by atoms with E-state index in [0.29, 0.717) is 16.4 Å². The monoisotopic (exact) mass is 527 g/mol. The summed E-state index contributed by atoms with van der Waals surface area (Å²) in [5, 5.41) is 0.568. The van der Waals surface area contributed by atoms with Gasteiger partial charge in [-0.05, 0) is 91.3 Å². The Labute approximate surface area is 229 Å². The topological polar surface area (TPSA) is 72.9 Å². The van der Waals surface area contributed by atoms with Gasteiger partial charge in [-0.15, -0.1) is 0 Å². The van der Waals surface area contributed by atoms with E-state index in [2.05, 4.69) is 40.7 Å². The zero-order valence-electron chi connectivity index (χ0n) is 24.3. The van der Waals surface area contributed by atoms with Gasteiger partial charge in [-0.25, -0.2) is 4.79 Å². The van der Waals surface area contributed by atoms with Gasteiger partial charge in [-0.3, -0.25) is 14.4 Å². The number of carbonyl (C=O) groups is 3. The Morgan fingerprint density at radius 2 is 1.74 bits per heavy atom. The molecule has 2 amide bonds. The maximum absolute atomic E-state index is 12.4. The smallest absolute Gasteiger partial charge is 0.429 e. The number of hydrogen-bond acceptors (Lipinski definition) is 5. The summed E-state index contributed by atoms with van der Waals surface area (Å²) in [6, 6.07) is 0. The first-order chi connectivity index (χ1) is 18.0. The maximum atomic E-state index is 12.4. The third-order valence-corrected chi connectivity index (χ3v) is 11.7. The Morgan fingerprint density at radius 3 is 2.45 bits per heavy atom. The Bertz CT molecular complexity index is 957. The largest absolute Gasteiger partial charge is 0.534 e. The summed E-state index contributed by atoms with van der Waals surface area (Å²) in [6.45, 7) is 12.3. The molecule has 0 N–H and O–H groups in total. The lowest BCUT2D eigenvalue weighted by atomic mass is 9.47. The molecule has 0 aromatic heterocycles. The van der Waals surface area contributed by atoms with E-state index in [-0.39, 0.29) is 24.4 Å². The summed E-state index contributed by atoms with van der Waals surface area (Å²) < 4.78 is 5.60. The Morgan fingerprint density at radius 1 is 1.00 bits per heavy atom. The SMILES string of the molecule is CC(C)CCC[C@@H](C)[C@H]1CCC2C3CC=C4CC(OC(=O)ON5C(=O)CCC5=O)CC[C@]4(C)C3CC[C@@]21C. The van der Waals surface area contributed by atoms with Gasteiger partial charge in [0.25, 0.3) is 11.8 Å². The lowest BCUT2D eigenvalue weighted by molar-refractivity contribution is -0.179. The van der Waals surface area contributed by atoms with E-state index in [4.69, 9.17) is 9.57 Å². The number of nitrogens with zero attached hydrogens (tertiary/aromatic N) is 1. The van der Waals surface area contributed by atoms with Crippen LogP contribution in [0.3, 0.4) is 0 Å². The number of amides is 2. The first-order valence-corrected chi connectivity index (χ1v) is 15.5. The molecule has 5 aliphatic rings. The summed E-state index contributed by atoms with van der Waals surface area (Å²) in [5.41, 5.74) is 2.10. The van der Waals surface area contributed by atoms with Gasteiger partial charge in [0, 0.05) is 19.3 Å². The Hall–Kier alpha value is -1.85. The number of allylic oxidation sites excluding steroid dienone is 1. The molecule has 0 aromatic carbocycles. The highest BCUT2D eigenvalue weighted by molar-refractivity contribution is 6.01. The first-order valence-electron chi connectivity index (χ1n) is 15.5. The van der Waals surface area contributed by atoms with Gasteiger partial charge in [0.1, 0.15) is 6.10 Å². The fourth-order valence-electron chi connectivity index (χ4n) is 9.64. The van der Waals surface area contributed by atoms with Gasteiger partial charge in [0.15, 0.2) is 0 Å². The normalized spacial score (nSPS) is 39.4. The molecule has 4 aliphatic carbocycles. The second kappa shape index (κ2) is 10.6. The van der Waals surface area contributed by atoms with E-state index in [1.54, 1.807) is 0 Å². The first kappa shape index (κ1) is 27.7. The van der Waals surface area contributed by atoms with Gasteiger partial charge in [0.05, 0.1) is 0 Å². The Kier molecular flexibility index (Phi) is 7.74. The highest BCUT2D eigenvalue weighted by atomic mass is 16.8. The van der Waals surface area contributed by atoms with Crippen LogP contribution in [0.5, 0.6) is 0 Å². The van der Waals surface area contributed by atoms with Crippen molar-refractivity contribution in [2.75, 3.05) is 0 Å². The molecule has 0 aromatic rings. The number of hydrogen-bond donors (Lipinski definition) is 0. The Balaban J connectivity index is 1.21. The van der Waals surface area contributed by atoms with Gasteiger partial charge in [-0.1, -0.05) is 70.6 Å². The van der Waals surface area contributed by atoms with Crippen molar-refractivity contribution < 1.29 is 24.0 Å². The van der Waals surface area contributed by atoms with Gasteiger partial charge in [0.2, 0.25) is 0 Å². The molecule has 0 spiro atoms. The molecular formula is C32H49NO5. The average Bonchev–Trinajstić information content (AvgIpc) is 3.38. The quantitative estimate of drug-likeness (QED) is 0.193. The van der Waals surface area contributed by atoms with Crippen LogP contribution in [-0.4, -0.2) is 29.1 Å². The van der Waals surface area contributed by atoms with E-state index < -0.39 is 18.0 Å². The van der Waals surface area contributed by atoms with E-state index in [1.165, 1.54) is 50.5 Å². The third kappa shape index (κ3) is 4.94. The second-order valence-electron chi connectivity index (χ2n) is 14.2. The summed E-state index contributed by atoms with van der Waals surface area (Å²) in [5.74, 6) is 3.84. The second-order valence-corrected chi connectivity index (χ2v) is 14.2. The average molecular weight is 528 g/mol. The molecule has 0 radical (unpaired) electrons. The standard InChI is InChI=1S/C32H49NO5/c1-20(2)7-6-8-21(3)25-11-12-26-24-10-9-22-19-23(37-30(36)38-33-28(34)13-14-29(33)35)15-17-31(22,4)27(24)16-18-32(25,26)5/h9,20-21,23-27H,6-8,10-19H2,1-5H3/t21-,23?,24?,25-,26?,27?,31+,32-/m1/s1. The predicted molar refractivity (Wildman–Crippen MR) is 145 cm³/mol. The summed E-state index contributed by atoms with van der Waals surface area (Å²) in [6.07, 6.45) is 14.7. The van der Waals surface area contributed by atoms with Gasteiger partial charge >= 0.3 is 6.16 Å². The van der Waals surface area contributed by atoms with Crippen molar-refractivity contribution in [2.45, 2.75) is 124 Å². The van der Waals surface area contributed by atoms with Crippen molar-refractivity contribution in [3.05, 3.63) is 11.6 Å². The molecule has 38 heavy (non-hydrogen) atoms. The molecule has 4 unspecified atom stereocenters. The molecular weight excluding hydrogens is 478 g/mol. The number of rotatable bonds is 7. The minimum absolute atomic E-state index is 0.0845. The summed E-state index contributed by atoms with van der Waals surface area (Å²) >= 11 is 0. The molecule has 212 valence electrons. The molecule has 1 aliphatic heterocycles. The number of hydroxylamine groups is 2. The highest BCUT2D eigenvalue weighted by Crippen LogP contribution is 2.67. The zero-order valence-corrected chi connectivity index (χ0v) is 24.3. The van der Waals surface area contributed by atoms with Crippen molar-refractivity contribution in [1.82, 2.24) is 5.06 Å². The molecule has 0 bridgehead atoms. The van der Waals surface area contributed by atoms with Crippen LogP contribution in [0.1, 0.15) is 118 Å². The molecule has 4 fully saturated rings. The number of fused-ring (bicyclic) bond motifs is 5. The van der Waals surface area contributed by atoms with E-state index >= 15 is 0 Å². The molecule has 6 nitrogen and oxygen atoms in total. The maximum Gasteiger partial charge on any atom is 0.534 e. The molecule has 8 atom stereocenters. The van der Waals surface area contributed by atoms with Crippen LogP contribution in [0, 0.1) is 46.3 Å². The fraction of sp³-hybridized carbons (Fsp3) is 0.844. The minimum atomic E-state index is -0.940. The van der Waals surface area contributed by atoms with Crippen LogP contribution < -0.4 is 0 Å². The minimum Gasteiger partial charge on any atom is -0.429 e. The van der Waals surface area contributed by atoms with Crippen molar-refractivity contribution >= 4 is 18.0 Å². The molecule has 1 heterocycles. The summed E-state index contributed by atoms with van der Waals surface area (Å²) in [4.78, 5) is 40.9. The van der Waals surface area contributed by atoms with E-state index in [0.717, 1.165) is 55.3 Å². The van der Waals surface area contributed by atoms with Crippen LogP contribution in [0.15, 0.2) is 11.6 Å². The summed E-state index contributed by atoms with van der Waals surface area (Å²) in [7, 11) is 0. The fourth-order valence-corrected chi connectivity index (χ4v) is 9.64. The molecule has 1 saturated heterocycles. The van der Waals surface area contributed by atoms with Crippen LogP contribution in [-0.2, 0) is 19.2 Å². The van der Waals surface area contributed by atoms with Gasteiger partial charge in [-0.2, -0.15) is 0 Å². The van der Waals surface area contributed by atoms with Gasteiger partial charge < -0.3 is 4.74 Å². The van der Waals surface area contributed by atoms with Crippen LogP contribution in [0.25, 0.3) is 0 Å². The van der Waals surface area contributed by atoms with E-state index in [9.17, 15) is 14.4 Å². The van der Waals surface area contributed by atoms with Crippen molar-refractivity contribution in [3.8, 4) is 0 Å². The molecule has 6 heteroatoms. The molecule has 5 rings (SSSR count). The number of carbonyl (C=O) groups excluding carboxylic acids is 3. The molecule has 3 saturated carbocycles. The van der Waals surface area contributed by atoms with Crippen LogP contribution in [0.4, 0.5) is 4.79 Å². The van der Waals surface area contributed by atoms with Crippen molar-refractivity contribution in [3.63, 3.8) is 0 Å². The van der Waals surface area contributed by atoms with E-state index in [1.807, 2.05) is 0 Å². The van der Waals surface area contributed by atoms with Crippen molar-refractivity contribution in [1.29, 1.82) is 0 Å². The third-order valence-electron chi connectivity index (χ3n) is 11.7. The lowest BCUT2D eigenvalue weighted by Crippen LogP contribution is -2.51. The lowest BCUT2D eigenvalue weighted by Gasteiger charge is -2.58.